The number of hydrogen-bond acceptors (Lipinski definition) is 2. The highest BCUT2D eigenvalue weighted by atomic mass is 16.6. The second kappa shape index (κ2) is 8.00. The normalized spacial score (nSPS) is 46.1. The summed E-state index contributed by atoms with van der Waals surface area (Å²) in [5.74, 6) is 1.30. The quantitative estimate of drug-likeness (QED) is 0.553. The van der Waals surface area contributed by atoms with Crippen LogP contribution in [0.2, 0.25) is 0 Å². The Morgan fingerprint density at radius 2 is 1.86 bits per heavy atom. The average Bonchev–Trinajstić information content (AvgIpc) is 3.01. The van der Waals surface area contributed by atoms with Crippen LogP contribution in [-0.2, 0) is 9.53 Å². The summed E-state index contributed by atoms with van der Waals surface area (Å²) in [6.07, 6.45) is 13.1. The van der Waals surface area contributed by atoms with Crippen molar-refractivity contribution in [3.63, 3.8) is 0 Å². The van der Waals surface area contributed by atoms with Gasteiger partial charge in [-0.3, -0.25) is 4.79 Å². The summed E-state index contributed by atoms with van der Waals surface area (Å²) in [7, 11) is 0. The maximum absolute atomic E-state index is 12.9. The summed E-state index contributed by atoms with van der Waals surface area (Å²) < 4.78 is 6.00. The van der Waals surface area contributed by atoms with Crippen LogP contribution >= 0.6 is 0 Å². The van der Waals surface area contributed by atoms with Crippen molar-refractivity contribution in [1.29, 1.82) is 0 Å². The van der Waals surface area contributed by atoms with Gasteiger partial charge >= 0.3 is 5.97 Å². The lowest BCUT2D eigenvalue weighted by atomic mass is 9.55. The Balaban J connectivity index is 1.20. The number of nitrogens with one attached hydrogen (secondary N) is 2. The second-order valence-electron chi connectivity index (χ2n) is 11.4. The van der Waals surface area contributed by atoms with Crippen molar-refractivity contribution in [2.24, 2.45) is 23.2 Å². The average molecular weight is 403 g/mol. The summed E-state index contributed by atoms with van der Waals surface area (Å²) in [5.41, 5.74) is 1.77. The van der Waals surface area contributed by atoms with Crippen molar-refractivity contribution in [3.8, 4) is 0 Å². The molecule has 29 heavy (non-hydrogen) atoms. The van der Waals surface area contributed by atoms with Crippen LogP contribution in [0.5, 0.6) is 0 Å². The third kappa shape index (κ3) is 3.80. The fraction of sp³-hybridized carbons (Fsp3) is 0.880. The molecule has 162 valence electrons. The van der Waals surface area contributed by atoms with Crippen LogP contribution < -0.4 is 9.80 Å². The Bertz CT molecular complexity index is 635. The Morgan fingerprint density at radius 3 is 2.62 bits per heavy atom. The van der Waals surface area contributed by atoms with Gasteiger partial charge in [-0.05, 0) is 62.7 Å². The predicted molar refractivity (Wildman–Crippen MR) is 114 cm³/mol. The van der Waals surface area contributed by atoms with E-state index in [-0.39, 0.29) is 18.0 Å². The van der Waals surface area contributed by atoms with Gasteiger partial charge in [0.2, 0.25) is 0 Å². The van der Waals surface area contributed by atoms with E-state index in [0.717, 1.165) is 25.4 Å². The Hall–Kier alpha value is -0.870. The Kier molecular flexibility index (Phi) is 5.53. The first-order valence-electron chi connectivity index (χ1n) is 12.6. The standard InChI is InChI=1S/C25H40N2O2/c1-18-7-6-10-25(2)16-23-20(15-22(18)25)21(24(28)29-23)17-26-13-8-19(9-14-26)27-11-4-3-5-12-27/h19-23H,1,3-17H2,2H3/p+2/t20-,21+,22-,23-,25-/m1/s1. The molecule has 0 aromatic rings. The van der Waals surface area contributed by atoms with Gasteiger partial charge < -0.3 is 14.5 Å². The molecule has 3 aliphatic heterocycles. The van der Waals surface area contributed by atoms with Crippen LogP contribution in [0.15, 0.2) is 12.2 Å². The lowest BCUT2D eigenvalue weighted by molar-refractivity contribution is -0.961. The smallest absolute Gasteiger partial charge is 0.315 e. The molecular weight excluding hydrogens is 360 g/mol. The van der Waals surface area contributed by atoms with E-state index in [2.05, 4.69) is 13.5 Å². The van der Waals surface area contributed by atoms with Crippen molar-refractivity contribution >= 4 is 5.97 Å². The molecule has 2 N–H and O–H groups in total. The number of rotatable bonds is 3. The highest BCUT2D eigenvalue weighted by Gasteiger charge is 2.56. The SMILES string of the molecule is C=C1CCC[C@]2(C)C[C@H]3OC(=O)[C@@H](C[NH+]4CCC([NH+]5CCCCC5)CC4)[C@H]3C[C@H]12. The minimum atomic E-state index is 0.115. The molecule has 5 fully saturated rings. The number of quaternary nitrogens is 2. The predicted octanol–water partition coefficient (Wildman–Crippen LogP) is 1.42. The Morgan fingerprint density at radius 1 is 1.10 bits per heavy atom. The first-order chi connectivity index (χ1) is 14.0. The summed E-state index contributed by atoms with van der Waals surface area (Å²) in [6.45, 7) is 13.2. The molecule has 2 saturated carbocycles. The molecule has 0 aromatic carbocycles. The number of piperidine rings is 2. The molecular formula is C25H42N2O2+2. The first kappa shape index (κ1) is 20.1. The zero-order valence-corrected chi connectivity index (χ0v) is 18.5. The number of ether oxygens (including phenoxy) is 1. The largest absolute Gasteiger partial charge is 0.462 e. The molecule has 5 aliphatic rings. The topological polar surface area (TPSA) is 35.2 Å². The number of allylic oxidation sites excluding steroid dienone is 1. The zero-order chi connectivity index (χ0) is 20.0. The van der Waals surface area contributed by atoms with Gasteiger partial charge in [0.05, 0.1) is 38.8 Å². The zero-order valence-electron chi connectivity index (χ0n) is 18.5. The third-order valence-corrected chi connectivity index (χ3v) is 9.59. The van der Waals surface area contributed by atoms with Crippen molar-refractivity contribution in [3.05, 3.63) is 12.2 Å². The monoisotopic (exact) mass is 402 g/mol. The molecule has 0 unspecified atom stereocenters. The second-order valence-corrected chi connectivity index (χ2v) is 11.4. The maximum Gasteiger partial charge on any atom is 0.315 e. The Labute approximate surface area is 177 Å². The molecule has 0 amide bonds. The van der Waals surface area contributed by atoms with Gasteiger partial charge in [-0.25, -0.2) is 0 Å². The minimum absolute atomic E-state index is 0.115. The van der Waals surface area contributed by atoms with Gasteiger partial charge in [0.25, 0.3) is 0 Å². The first-order valence-corrected chi connectivity index (χ1v) is 12.6. The lowest BCUT2D eigenvalue weighted by Crippen LogP contribution is -3.21. The van der Waals surface area contributed by atoms with Gasteiger partial charge in [0.1, 0.15) is 12.0 Å². The van der Waals surface area contributed by atoms with E-state index in [1.165, 1.54) is 83.1 Å². The fourth-order valence-electron chi connectivity index (χ4n) is 7.85. The summed E-state index contributed by atoms with van der Waals surface area (Å²) >= 11 is 0. The van der Waals surface area contributed by atoms with E-state index < -0.39 is 0 Å². The number of carbonyl (C=O) groups excluding carboxylic acids is 1. The van der Waals surface area contributed by atoms with E-state index in [1.807, 2.05) is 4.90 Å². The van der Waals surface area contributed by atoms with E-state index in [0.29, 0.717) is 17.3 Å². The number of likely N-dealkylation sites (tertiary alicyclic amines) is 2. The molecule has 0 radical (unpaired) electrons. The molecule has 0 bridgehead atoms. The van der Waals surface area contributed by atoms with Crippen molar-refractivity contribution < 1.29 is 19.3 Å². The molecule has 3 saturated heterocycles. The van der Waals surface area contributed by atoms with E-state index in [1.54, 1.807) is 4.90 Å². The summed E-state index contributed by atoms with van der Waals surface area (Å²) in [5, 5.41) is 0. The van der Waals surface area contributed by atoms with Gasteiger partial charge in [-0.1, -0.05) is 19.1 Å². The lowest BCUT2D eigenvalue weighted by Gasteiger charge is -2.50. The molecule has 5 atom stereocenters. The van der Waals surface area contributed by atoms with Gasteiger partial charge in [0.15, 0.2) is 0 Å². The molecule has 4 heteroatoms. The van der Waals surface area contributed by atoms with Crippen LogP contribution in [0.4, 0.5) is 0 Å². The van der Waals surface area contributed by atoms with Crippen LogP contribution in [0, 0.1) is 23.2 Å². The number of fused-ring (bicyclic) bond motifs is 2. The summed E-state index contributed by atoms with van der Waals surface area (Å²) in [6, 6.07) is 0.878. The highest BCUT2D eigenvalue weighted by molar-refractivity contribution is 5.75. The van der Waals surface area contributed by atoms with E-state index in [4.69, 9.17) is 4.74 Å². The molecule has 3 heterocycles. The third-order valence-electron chi connectivity index (χ3n) is 9.59. The van der Waals surface area contributed by atoms with E-state index >= 15 is 0 Å². The van der Waals surface area contributed by atoms with Crippen molar-refractivity contribution in [1.82, 2.24) is 0 Å². The van der Waals surface area contributed by atoms with Gasteiger partial charge in [0, 0.05) is 18.8 Å². The molecule has 5 rings (SSSR count). The van der Waals surface area contributed by atoms with Crippen molar-refractivity contribution in [2.75, 3.05) is 32.7 Å². The van der Waals surface area contributed by atoms with Gasteiger partial charge in [-0.15, -0.1) is 0 Å². The van der Waals surface area contributed by atoms with Crippen LogP contribution in [-0.4, -0.2) is 50.8 Å². The van der Waals surface area contributed by atoms with Crippen LogP contribution in [0.1, 0.15) is 71.1 Å². The molecule has 2 aliphatic carbocycles. The van der Waals surface area contributed by atoms with Crippen molar-refractivity contribution in [2.45, 2.75) is 83.3 Å². The number of carbonyl (C=O) groups is 1. The van der Waals surface area contributed by atoms with Crippen LogP contribution in [0.3, 0.4) is 0 Å². The highest BCUT2D eigenvalue weighted by Crippen LogP contribution is 2.56. The number of hydrogen-bond donors (Lipinski definition) is 2. The minimum Gasteiger partial charge on any atom is -0.462 e. The molecule has 4 nitrogen and oxygen atoms in total. The van der Waals surface area contributed by atoms with E-state index in [9.17, 15) is 4.79 Å². The summed E-state index contributed by atoms with van der Waals surface area (Å²) in [4.78, 5) is 16.4. The number of esters is 1. The molecule has 0 aromatic heterocycles. The molecule has 0 spiro atoms. The fourth-order valence-corrected chi connectivity index (χ4v) is 7.85. The maximum atomic E-state index is 12.9. The van der Waals surface area contributed by atoms with Gasteiger partial charge in [-0.2, -0.15) is 0 Å². The van der Waals surface area contributed by atoms with Crippen LogP contribution in [0.25, 0.3) is 0 Å².